The second-order valence-electron chi connectivity index (χ2n) is 12.1. The molecule has 2 amide bonds. The van der Waals surface area contributed by atoms with Gasteiger partial charge in [0.05, 0.1) is 10.7 Å². The minimum Gasteiger partial charge on any atom is -0.508 e. The lowest BCUT2D eigenvalue weighted by molar-refractivity contribution is -0.130. The Bertz CT molecular complexity index is 1890. The molecule has 0 aliphatic carbocycles. The Morgan fingerprint density at radius 1 is 1.20 bits per heavy atom. The summed E-state index contributed by atoms with van der Waals surface area (Å²) in [5, 5.41) is 18.9. The fraction of sp³-hybridized carbons (Fsp3) is 0.324. The van der Waals surface area contributed by atoms with E-state index in [4.69, 9.17) is 16.3 Å². The Kier molecular flexibility index (Phi) is 7.29. The van der Waals surface area contributed by atoms with Gasteiger partial charge in [-0.05, 0) is 79.9 Å². The van der Waals surface area contributed by atoms with Crippen LogP contribution >= 0.6 is 11.6 Å². The van der Waals surface area contributed by atoms with Gasteiger partial charge in [0.1, 0.15) is 29.1 Å². The van der Waals surface area contributed by atoms with Crippen molar-refractivity contribution in [3.63, 3.8) is 0 Å². The van der Waals surface area contributed by atoms with E-state index in [9.17, 15) is 14.7 Å². The first-order chi connectivity index (χ1) is 21.7. The summed E-state index contributed by atoms with van der Waals surface area (Å²) >= 11 is 6.86. The highest BCUT2D eigenvalue weighted by atomic mass is 35.5. The molecule has 4 aromatic rings. The van der Waals surface area contributed by atoms with Gasteiger partial charge in [-0.2, -0.15) is 0 Å². The number of nitrogens with zero attached hydrogens (tertiary/aromatic N) is 3. The lowest BCUT2D eigenvalue weighted by Gasteiger charge is -2.44. The number of rotatable bonds is 5. The number of pyridine rings is 1. The first-order valence-electron chi connectivity index (χ1n) is 15.1. The lowest BCUT2D eigenvalue weighted by Crippen LogP contribution is -2.59. The monoisotopic (exact) mass is 629 g/mol. The fourth-order valence-corrected chi connectivity index (χ4v) is 7.18. The summed E-state index contributed by atoms with van der Waals surface area (Å²) in [5.41, 5.74) is 0.317. The Morgan fingerprint density at radius 3 is 2.71 bits per heavy atom. The Labute approximate surface area is 264 Å². The van der Waals surface area contributed by atoms with Crippen LogP contribution in [0.25, 0.3) is 32.8 Å². The van der Waals surface area contributed by atoms with E-state index in [0.29, 0.717) is 54.9 Å². The maximum absolute atomic E-state index is 16.9. The van der Waals surface area contributed by atoms with Gasteiger partial charge in [0.2, 0.25) is 17.7 Å². The van der Waals surface area contributed by atoms with E-state index in [1.807, 2.05) is 31.3 Å². The number of phenols is 1. The molecule has 45 heavy (non-hydrogen) atoms. The minimum atomic E-state index is -1.04. The third kappa shape index (κ3) is 4.92. The number of anilines is 2. The van der Waals surface area contributed by atoms with Crippen LogP contribution in [0.15, 0.2) is 55.1 Å². The highest BCUT2D eigenvalue weighted by molar-refractivity contribution is 6.35. The molecule has 3 aromatic carbocycles. The number of carbonyl (C=O) groups is 2. The van der Waals surface area contributed by atoms with Crippen molar-refractivity contribution >= 4 is 56.5 Å². The molecule has 0 bridgehead atoms. The topological polar surface area (TPSA) is 107 Å². The molecule has 2 fully saturated rings. The van der Waals surface area contributed by atoms with Gasteiger partial charge < -0.3 is 30.3 Å². The van der Waals surface area contributed by atoms with Crippen LogP contribution in [0.5, 0.6) is 11.6 Å². The van der Waals surface area contributed by atoms with Crippen molar-refractivity contribution in [2.75, 3.05) is 43.9 Å². The standard InChI is InChI=1S/C34H33ClFN5O4/c1-3-26(43)41-13-10-34(11-14-41)33(44)38-31-30(39-34)24-17-25(35)27(23-16-21(42)15-19-7-4-5-9-22(19)23)28(36)29(24)37-32(31)45-18-20-8-6-12-40(20)2/h3-5,7,9,15-17,20,39,42H,1,6,8,10-14,18H2,2H3,(H,38,44)/t20-/m0/s1. The van der Waals surface area contributed by atoms with Gasteiger partial charge in [0, 0.05) is 30.1 Å². The van der Waals surface area contributed by atoms with Gasteiger partial charge in [0.15, 0.2) is 5.82 Å². The van der Waals surface area contributed by atoms with E-state index in [1.54, 1.807) is 17.0 Å². The summed E-state index contributed by atoms with van der Waals surface area (Å²) in [7, 11) is 2.04. The summed E-state index contributed by atoms with van der Waals surface area (Å²) in [6.07, 6.45) is 3.96. The number of hydrogen-bond donors (Lipinski definition) is 3. The van der Waals surface area contributed by atoms with Crippen LogP contribution in [-0.2, 0) is 9.59 Å². The first-order valence-corrected chi connectivity index (χ1v) is 15.5. The third-order valence-electron chi connectivity index (χ3n) is 9.48. The number of halogens is 2. The molecule has 1 spiro atoms. The van der Waals surface area contributed by atoms with Crippen molar-refractivity contribution in [2.45, 2.75) is 37.3 Å². The lowest BCUT2D eigenvalue weighted by atomic mass is 9.84. The largest absolute Gasteiger partial charge is 0.508 e. The Hall–Kier alpha value is -4.41. The van der Waals surface area contributed by atoms with E-state index in [1.165, 1.54) is 12.1 Å². The number of aromatic nitrogens is 1. The Morgan fingerprint density at radius 2 is 1.98 bits per heavy atom. The number of amides is 2. The highest BCUT2D eigenvalue weighted by Crippen LogP contribution is 2.48. The zero-order valence-electron chi connectivity index (χ0n) is 24.8. The molecule has 0 saturated carbocycles. The summed E-state index contributed by atoms with van der Waals surface area (Å²) in [6, 6.07) is 12.3. The molecule has 1 aromatic heterocycles. The number of benzene rings is 3. The molecule has 11 heteroatoms. The number of carbonyl (C=O) groups excluding carboxylic acids is 2. The number of likely N-dealkylation sites (tertiary alicyclic amines) is 2. The minimum absolute atomic E-state index is 0.0185. The van der Waals surface area contributed by atoms with Crippen LogP contribution in [0.1, 0.15) is 25.7 Å². The quantitative estimate of drug-likeness (QED) is 0.235. The van der Waals surface area contributed by atoms with E-state index >= 15 is 4.39 Å². The van der Waals surface area contributed by atoms with E-state index < -0.39 is 11.4 Å². The number of aromatic hydroxyl groups is 1. The predicted octanol–water partition coefficient (Wildman–Crippen LogP) is 5.94. The second-order valence-corrected chi connectivity index (χ2v) is 12.5. The predicted molar refractivity (Wildman–Crippen MR) is 173 cm³/mol. The van der Waals surface area contributed by atoms with Crippen molar-refractivity contribution in [2.24, 2.45) is 0 Å². The zero-order valence-corrected chi connectivity index (χ0v) is 25.6. The van der Waals surface area contributed by atoms with E-state index in [2.05, 4.69) is 27.1 Å². The van der Waals surface area contributed by atoms with Crippen LogP contribution in [0, 0.1) is 5.82 Å². The SMILES string of the molecule is C=CC(=O)N1CCC2(CC1)Nc1c(c(OC[C@@H]3CCCN3C)nc3c(F)c(-c4cc(O)cc5ccccc45)c(Cl)cc13)NC2=O. The van der Waals surface area contributed by atoms with Crippen molar-refractivity contribution in [3.8, 4) is 22.8 Å². The van der Waals surface area contributed by atoms with Gasteiger partial charge in [-0.1, -0.05) is 42.4 Å². The number of likely N-dealkylation sites (N-methyl/N-ethyl adjacent to an activating group) is 1. The summed E-state index contributed by atoms with van der Waals surface area (Å²) < 4.78 is 23.1. The molecule has 232 valence electrons. The van der Waals surface area contributed by atoms with E-state index in [0.717, 1.165) is 30.2 Å². The summed E-state index contributed by atoms with van der Waals surface area (Å²) in [5.74, 6) is -1.03. The van der Waals surface area contributed by atoms with Crippen LogP contribution in [0.2, 0.25) is 5.02 Å². The molecular formula is C34H33ClFN5O4. The van der Waals surface area contributed by atoms with Crippen LogP contribution < -0.4 is 15.4 Å². The van der Waals surface area contributed by atoms with Gasteiger partial charge in [-0.25, -0.2) is 9.37 Å². The Balaban J connectivity index is 1.38. The summed E-state index contributed by atoms with van der Waals surface area (Å²) in [6.45, 7) is 5.55. The molecule has 9 nitrogen and oxygen atoms in total. The maximum Gasteiger partial charge on any atom is 0.250 e. The number of hydrogen-bond acceptors (Lipinski definition) is 7. The van der Waals surface area contributed by atoms with Crippen molar-refractivity contribution in [1.29, 1.82) is 0 Å². The number of piperidine rings is 1. The molecule has 1 atom stereocenters. The molecule has 0 radical (unpaired) electrons. The molecule has 0 unspecified atom stereocenters. The maximum atomic E-state index is 16.9. The molecular weight excluding hydrogens is 597 g/mol. The highest BCUT2D eigenvalue weighted by Gasteiger charge is 2.46. The first kappa shape index (κ1) is 29.3. The molecule has 2 saturated heterocycles. The van der Waals surface area contributed by atoms with Crippen LogP contribution in [0.4, 0.5) is 15.8 Å². The number of ether oxygens (including phenoxy) is 1. The molecule has 4 heterocycles. The van der Waals surface area contributed by atoms with Crippen molar-refractivity contribution < 1.29 is 23.8 Å². The van der Waals surface area contributed by atoms with Crippen molar-refractivity contribution in [3.05, 3.63) is 66.0 Å². The fourth-order valence-electron chi connectivity index (χ4n) is 6.89. The van der Waals surface area contributed by atoms with Crippen LogP contribution in [-0.4, -0.2) is 76.6 Å². The zero-order chi connectivity index (χ0) is 31.5. The number of phenolic OH excluding ortho intramolecular Hbond substituents is 1. The van der Waals surface area contributed by atoms with Crippen LogP contribution in [0.3, 0.4) is 0 Å². The molecule has 3 N–H and O–H groups in total. The molecule has 3 aliphatic heterocycles. The van der Waals surface area contributed by atoms with Gasteiger partial charge in [0.25, 0.3) is 0 Å². The van der Waals surface area contributed by atoms with Crippen molar-refractivity contribution in [1.82, 2.24) is 14.8 Å². The molecule has 3 aliphatic rings. The third-order valence-corrected chi connectivity index (χ3v) is 9.78. The smallest absolute Gasteiger partial charge is 0.250 e. The molecule has 7 rings (SSSR count). The second kappa shape index (κ2) is 11.2. The summed E-state index contributed by atoms with van der Waals surface area (Å²) in [4.78, 5) is 34.5. The normalized spacial score (nSPS) is 19.4. The number of nitrogens with one attached hydrogen (secondary N) is 2. The van der Waals surface area contributed by atoms with E-state index in [-0.39, 0.29) is 45.6 Å². The van der Waals surface area contributed by atoms with Gasteiger partial charge >= 0.3 is 0 Å². The average Bonchev–Trinajstić information content (AvgIpc) is 3.45. The average molecular weight is 630 g/mol. The van der Waals surface area contributed by atoms with Gasteiger partial charge in [-0.3, -0.25) is 9.59 Å². The van der Waals surface area contributed by atoms with Gasteiger partial charge in [-0.15, -0.1) is 0 Å². The number of fused-ring (bicyclic) bond motifs is 4.